The van der Waals surface area contributed by atoms with Gasteiger partial charge >= 0.3 is 6.09 Å². The van der Waals surface area contributed by atoms with Crippen molar-refractivity contribution in [2.75, 3.05) is 4.90 Å². The lowest BCUT2D eigenvalue weighted by Crippen LogP contribution is -2.50. The second-order valence-corrected chi connectivity index (χ2v) is 6.17. The Bertz CT molecular complexity index is 515. The van der Waals surface area contributed by atoms with E-state index in [1.54, 1.807) is 4.90 Å². The smallest absolute Gasteiger partial charge is 0.412 e. The van der Waals surface area contributed by atoms with Gasteiger partial charge in [0.2, 0.25) is 0 Å². The predicted octanol–water partition coefficient (Wildman–Crippen LogP) is 3.39. The predicted molar refractivity (Wildman–Crippen MR) is 79.1 cm³/mol. The van der Waals surface area contributed by atoms with Crippen LogP contribution in [0.2, 0.25) is 0 Å². The molecule has 1 aromatic rings. The molecular weight excluding hydrogens is 252 g/mol. The van der Waals surface area contributed by atoms with E-state index in [9.17, 15) is 9.90 Å². The zero-order chi connectivity index (χ0) is 14.3. The van der Waals surface area contributed by atoms with Crippen molar-refractivity contribution in [2.45, 2.75) is 51.2 Å². The first-order chi connectivity index (χ1) is 9.59. The van der Waals surface area contributed by atoms with Crippen LogP contribution < -0.4 is 10.2 Å². The molecule has 1 aliphatic heterocycles. The summed E-state index contributed by atoms with van der Waals surface area (Å²) in [6.07, 6.45) is 2.37. The van der Waals surface area contributed by atoms with E-state index in [-0.39, 0.29) is 12.1 Å². The van der Waals surface area contributed by atoms with Crippen molar-refractivity contribution in [3.05, 3.63) is 29.8 Å². The molecule has 1 amide bonds. The average molecular weight is 274 g/mol. The van der Waals surface area contributed by atoms with Gasteiger partial charge in [0.05, 0.1) is 5.69 Å². The van der Waals surface area contributed by atoms with E-state index in [1.165, 1.54) is 0 Å². The third-order valence-corrected chi connectivity index (χ3v) is 4.54. The summed E-state index contributed by atoms with van der Waals surface area (Å²) in [6, 6.07) is 8.73. The van der Waals surface area contributed by atoms with Crippen LogP contribution >= 0.6 is 0 Å². The Labute approximate surface area is 119 Å². The first-order valence-corrected chi connectivity index (χ1v) is 7.46. The standard InChI is InChI=1S/C16H22N2O2/c1-10(2)17-15-11-6-3-4-8-13(11)18(16(19)20)14-9-5-7-12(14)15/h3-4,6,8,10,12,14-15,17H,5,7,9H2,1-2H3,(H,19,20)/t12-,14+,15?/m0/s1. The number of benzene rings is 1. The van der Waals surface area contributed by atoms with Gasteiger partial charge in [-0.25, -0.2) is 4.79 Å². The molecule has 2 N–H and O–H groups in total. The number of amides is 1. The van der Waals surface area contributed by atoms with Crippen LogP contribution in [0, 0.1) is 5.92 Å². The Balaban J connectivity index is 2.08. The van der Waals surface area contributed by atoms with Gasteiger partial charge in [-0.2, -0.15) is 0 Å². The molecule has 0 spiro atoms. The van der Waals surface area contributed by atoms with Crippen molar-refractivity contribution in [3.8, 4) is 0 Å². The van der Waals surface area contributed by atoms with E-state index in [0.29, 0.717) is 12.0 Å². The van der Waals surface area contributed by atoms with Crippen molar-refractivity contribution in [3.63, 3.8) is 0 Å². The number of fused-ring (bicyclic) bond motifs is 2. The highest BCUT2D eigenvalue weighted by molar-refractivity contribution is 5.89. The highest BCUT2D eigenvalue weighted by Crippen LogP contribution is 2.47. The van der Waals surface area contributed by atoms with E-state index in [0.717, 1.165) is 30.5 Å². The Morgan fingerprint density at radius 3 is 2.80 bits per heavy atom. The third-order valence-electron chi connectivity index (χ3n) is 4.54. The molecule has 4 heteroatoms. The van der Waals surface area contributed by atoms with Crippen molar-refractivity contribution in [2.24, 2.45) is 5.92 Å². The molecule has 1 saturated carbocycles. The molecule has 0 saturated heterocycles. The average Bonchev–Trinajstić information content (AvgIpc) is 2.86. The van der Waals surface area contributed by atoms with Gasteiger partial charge in [-0.3, -0.25) is 4.90 Å². The first kappa shape index (κ1) is 13.4. The molecule has 1 unspecified atom stereocenters. The summed E-state index contributed by atoms with van der Waals surface area (Å²) in [5.74, 6) is 0.392. The fourth-order valence-corrected chi connectivity index (χ4v) is 3.88. The number of anilines is 1. The second kappa shape index (κ2) is 5.09. The molecule has 3 rings (SSSR count). The molecule has 0 aromatic heterocycles. The van der Waals surface area contributed by atoms with Gasteiger partial charge in [0.15, 0.2) is 0 Å². The highest BCUT2D eigenvalue weighted by Gasteiger charge is 2.45. The number of rotatable bonds is 2. The van der Waals surface area contributed by atoms with Gasteiger partial charge < -0.3 is 10.4 Å². The summed E-state index contributed by atoms with van der Waals surface area (Å²) >= 11 is 0. The van der Waals surface area contributed by atoms with Crippen LogP contribution in [-0.4, -0.2) is 23.3 Å². The Morgan fingerprint density at radius 2 is 2.10 bits per heavy atom. The first-order valence-electron chi connectivity index (χ1n) is 7.46. The lowest BCUT2D eigenvalue weighted by atomic mass is 9.82. The third kappa shape index (κ3) is 2.08. The Hall–Kier alpha value is -1.55. The molecular formula is C16H22N2O2. The summed E-state index contributed by atoms with van der Waals surface area (Å²) < 4.78 is 0. The molecule has 0 bridgehead atoms. The lowest BCUT2D eigenvalue weighted by molar-refractivity contribution is 0.191. The maximum atomic E-state index is 11.7. The van der Waals surface area contributed by atoms with Gasteiger partial charge in [-0.05, 0) is 30.4 Å². The van der Waals surface area contributed by atoms with Crippen molar-refractivity contribution < 1.29 is 9.90 Å². The fourth-order valence-electron chi connectivity index (χ4n) is 3.88. The van der Waals surface area contributed by atoms with Gasteiger partial charge in [-0.1, -0.05) is 38.5 Å². The quantitative estimate of drug-likeness (QED) is 0.869. The summed E-state index contributed by atoms with van der Waals surface area (Å²) in [6.45, 7) is 4.30. The van der Waals surface area contributed by atoms with Crippen molar-refractivity contribution >= 4 is 11.8 Å². The van der Waals surface area contributed by atoms with Gasteiger partial charge in [0.25, 0.3) is 0 Å². The topological polar surface area (TPSA) is 52.6 Å². The lowest BCUT2D eigenvalue weighted by Gasteiger charge is -2.43. The molecule has 1 fully saturated rings. The van der Waals surface area contributed by atoms with E-state index in [4.69, 9.17) is 0 Å². The molecule has 108 valence electrons. The summed E-state index contributed by atoms with van der Waals surface area (Å²) in [7, 11) is 0. The molecule has 1 aromatic carbocycles. The second-order valence-electron chi connectivity index (χ2n) is 6.17. The molecule has 4 nitrogen and oxygen atoms in total. The van der Waals surface area contributed by atoms with E-state index >= 15 is 0 Å². The number of nitrogens with zero attached hydrogens (tertiary/aromatic N) is 1. The van der Waals surface area contributed by atoms with Crippen LogP contribution in [0.1, 0.15) is 44.7 Å². The minimum atomic E-state index is -0.822. The molecule has 20 heavy (non-hydrogen) atoms. The monoisotopic (exact) mass is 274 g/mol. The minimum absolute atomic E-state index is 0.124. The largest absolute Gasteiger partial charge is 0.465 e. The van der Waals surface area contributed by atoms with Crippen LogP contribution in [0.25, 0.3) is 0 Å². The number of carbonyl (C=O) groups is 1. The van der Waals surface area contributed by atoms with E-state index < -0.39 is 6.09 Å². The zero-order valence-electron chi connectivity index (χ0n) is 12.0. The highest BCUT2D eigenvalue weighted by atomic mass is 16.4. The Kier molecular flexibility index (Phi) is 3.42. The number of hydrogen-bond donors (Lipinski definition) is 2. The van der Waals surface area contributed by atoms with Crippen LogP contribution in [-0.2, 0) is 0 Å². The maximum Gasteiger partial charge on any atom is 0.412 e. The Morgan fingerprint density at radius 1 is 1.35 bits per heavy atom. The van der Waals surface area contributed by atoms with Gasteiger partial charge in [0, 0.05) is 18.1 Å². The van der Waals surface area contributed by atoms with Gasteiger partial charge in [0.1, 0.15) is 0 Å². The molecule has 1 aliphatic carbocycles. The molecule has 0 radical (unpaired) electrons. The number of carboxylic acid groups (broad SMARTS) is 1. The van der Waals surface area contributed by atoms with E-state index in [2.05, 4.69) is 25.2 Å². The molecule has 1 heterocycles. The number of para-hydroxylation sites is 1. The SMILES string of the molecule is CC(C)NC1c2ccccc2N(C(=O)O)[C@@H]2CCC[C@H]12. The normalized spacial score (nSPS) is 28.4. The maximum absolute atomic E-state index is 11.7. The minimum Gasteiger partial charge on any atom is -0.465 e. The zero-order valence-corrected chi connectivity index (χ0v) is 12.0. The number of hydrogen-bond acceptors (Lipinski definition) is 2. The molecule has 2 aliphatic rings. The summed E-state index contributed by atoms with van der Waals surface area (Å²) in [4.78, 5) is 13.3. The van der Waals surface area contributed by atoms with Crippen LogP contribution in [0.4, 0.5) is 10.5 Å². The molecule has 3 atom stereocenters. The summed E-state index contributed by atoms with van der Waals surface area (Å²) in [5, 5.41) is 13.3. The van der Waals surface area contributed by atoms with Gasteiger partial charge in [-0.15, -0.1) is 0 Å². The van der Waals surface area contributed by atoms with E-state index in [1.807, 2.05) is 18.2 Å². The van der Waals surface area contributed by atoms with Crippen LogP contribution in [0.15, 0.2) is 24.3 Å². The van der Waals surface area contributed by atoms with Crippen LogP contribution in [0.3, 0.4) is 0 Å². The number of nitrogens with one attached hydrogen (secondary N) is 1. The van der Waals surface area contributed by atoms with Crippen LogP contribution in [0.5, 0.6) is 0 Å². The van der Waals surface area contributed by atoms with Crippen molar-refractivity contribution in [1.29, 1.82) is 0 Å². The summed E-state index contributed by atoms with van der Waals surface area (Å²) in [5.41, 5.74) is 1.99. The fraction of sp³-hybridized carbons (Fsp3) is 0.562. The van der Waals surface area contributed by atoms with Crippen molar-refractivity contribution in [1.82, 2.24) is 5.32 Å².